The Morgan fingerprint density at radius 1 is 1.00 bits per heavy atom. The summed E-state index contributed by atoms with van der Waals surface area (Å²) in [5, 5.41) is 0. The van der Waals surface area contributed by atoms with Gasteiger partial charge in [0.15, 0.2) is 6.67 Å². The predicted octanol–water partition coefficient (Wildman–Crippen LogP) is 4.51. The van der Waals surface area contributed by atoms with E-state index < -0.39 is 72.2 Å². The third kappa shape index (κ3) is 5.61. The summed E-state index contributed by atoms with van der Waals surface area (Å²) >= 11 is 0. The molecule has 192 valence electrons. The third-order valence-corrected chi connectivity index (χ3v) is 6.11. The van der Waals surface area contributed by atoms with Gasteiger partial charge in [-0.3, -0.25) is 18.7 Å². The number of hydrogen-bond donors (Lipinski definition) is 1. The minimum absolute atomic E-state index is 0.0396. The molecule has 1 heterocycles. The van der Waals surface area contributed by atoms with Crippen LogP contribution in [0.1, 0.15) is 19.4 Å². The van der Waals surface area contributed by atoms with Crippen LogP contribution in [0.4, 0.5) is 35.1 Å². The fourth-order valence-electron chi connectivity index (χ4n) is 2.72. The molecule has 1 aromatic heterocycles. The van der Waals surface area contributed by atoms with Crippen molar-refractivity contribution in [1.29, 1.82) is 0 Å². The van der Waals surface area contributed by atoms with Crippen molar-refractivity contribution in [1.82, 2.24) is 9.55 Å². The van der Waals surface area contributed by atoms with E-state index in [4.69, 9.17) is 9.05 Å². The third-order valence-electron chi connectivity index (χ3n) is 4.18. The molecule has 2 aromatic rings. The van der Waals surface area contributed by atoms with E-state index in [2.05, 4.69) is 4.74 Å². The van der Waals surface area contributed by atoms with Crippen molar-refractivity contribution in [3.8, 4) is 5.75 Å². The van der Waals surface area contributed by atoms with Crippen LogP contribution in [-0.2, 0) is 26.1 Å². The van der Waals surface area contributed by atoms with Gasteiger partial charge in [0.25, 0.3) is 0 Å². The minimum Gasteiger partial charge on any atom is -0.427 e. The van der Waals surface area contributed by atoms with Gasteiger partial charge < -0.3 is 18.8 Å². The molecule has 0 saturated carbocycles. The first-order valence-electron chi connectivity index (χ1n) is 9.28. The number of aromatic amines is 1. The Hall–Kier alpha value is -2.45. The Labute approximate surface area is 184 Å². The summed E-state index contributed by atoms with van der Waals surface area (Å²) in [6.07, 6.45) is -12.3. The quantitative estimate of drug-likeness (QED) is 0.277. The highest BCUT2D eigenvalue weighted by atomic mass is 31.2. The van der Waals surface area contributed by atoms with Crippen molar-refractivity contribution in [2.45, 2.75) is 38.3 Å². The van der Waals surface area contributed by atoms with Crippen molar-refractivity contribution in [3.63, 3.8) is 0 Å². The molecule has 2 rings (SSSR count). The van der Waals surface area contributed by atoms with Gasteiger partial charge in [-0.15, -0.1) is 0 Å². The van der Waals surface area contributed by atoms with Crippen molar-refractivity contribution in [2.24, 2.45) is 0 Å². The van der Waals surface area contributed by atoms with Gasteiger partial charge in [-0.05, 0) is 19.9 Å². The molecule has 0 saturated heterocycles. The van der Waals surface area contributed by atoms with Crippen LogP contribution < -0.4 is 15.9 Å². The number of benzene rings is 1. The van der Waals surface area contributed by atoms with E-state index in [0.717, 1.165) is 0 Å². The number of ether oxygens (including phenoxy) is 1. The Kier molecular flexibility index (Phi) is 7.90. The van der Waals surface area contributed by atoms with E-state index in [1.165, 1.54) is 13.8 Å². The highest BCUT2D eigenvalue weighted by Crippen LogP contribution is 2.50. The molecule has 1 N–H and O–H groups in total. The van der Waals surface area contributed by atoms with E-state index in [0.29, 0.717) is 4.57 Å². The second kappa shape index (κ2) is 9.66. The van der Waals surface area contributed by atoms with Crippen molar-refractivity contribution >= 4 is 18.6 Å². The van der Waals surface area contributed by atoms with E-state index in [1.807, 2.05) is 0 Å². The summed E-state index contributed by atoms with van der Waals surface area (Å²) in [6.45, 7) is -0.620. The smallest absolute Gasteiger partial charge is 0.427 e. The molecule has 1 aromatic carbocycles. The maximum atomic E-state index is 13.8. The monoisotopic (exact) mass is 528 g/mol. The van der Waals surface area contributed by atoms with Crippen LogP contribution in [0.3, 0.4) is 0 Å². The van der Waals surface area contributed by atoms with Gasteiger partial charge in [0.1, 0.15) is 12.0 Å². The summed E-state index contributed by atoms with van der Waals surface area (Å²) in [4.78, 5) is 26.1. The lowest BCUT2D eigenvalue weighted by Crippen LogP contribution is -2.47. The minimum atomic E-state index is -5.74. The highest BCUT2D eigenvalue weighted by Gasteiger charge is 2.60. The van der Waals surface area contributed by atoms with E-state index in [1.54, 1.807) is 4.98 Å². The summed E-state index contributed by atoms with van der Waals surface area (Å²) in [7, 11) is -4.19. The standard InChI is InChI=1S/C17H17F8N2O6P/c1-3-31-34(30,32-4-2)8-27-11-6-12(33-17(24,25)15(19,20)7-18)9(16(21,22)23)5-10(11)26-13(28)14(27)29/h5-6H,3-4,7-8H2,1-2H3,(H,26,28). The molecule has 0 unspecified atom stereocenters. The Balaban J connectivity index is 2.86. The normalized spacial score (nSPS) is 13.5. The molecule has 0 aliphatic heterocycles. The van der Waals surface area contributed by atoms with Crippen LogP contribution in [0.5, 0.6) is 5.75 Å². The Morgan fingerprint density at radius 3 is 2.03 bits per heavy atom. The number of nitrogens with zero attached hydrogens (tertiary/aromatic N) is 1. The SMILES string of the molecule is CCOP(=O)(Cn1c(=O)c(=O)[nH]c2cc(C(F)(F)F)c(OC(F)(F)C(F)(F)CF)cc21)OCC. The molecule has 17 heteroatoms. The second-order valence-electron chi connectivity index (χ2n) is 6.60. The summed E-state index contributed by atoms with van der Waals surface area (Å²) < 4.78 is 133. The van der Waals surface area contributed by atoms with Gasteiger partial charge in [0.2, 0.25) is 0 Å². The number of rotatable bonds is 10. The van der Waals surface area contributed by atoms with Crippen LogP contribution in [0.2, 0.25) is 0 Å². The molecule has 0 spiro atoms. The molecule has 0 fully saturated rings. The molecular formula is C17H17F8N2O6P. The average Bonchev–Trinajstić information content (AvgIpc) is 2.70. The lowest BCUT2D eigenvalue weighted by Gasteiger charge is -2.26. The van der Waals surface area contributed by atoms with Gasteiger partial charge in [-0.1, -0.05) is 0 Å². The van der Waals surface area contributed by atoms with Crippen LogP contribution in [0.15, 0.2) is 21.7 Å². The fourth-order valence-corrected chi connectivity index (χ4v) is 4.37. The molecule has 0 aliphatic carbocycles. The fraction of sp³-hybridized carbons (Fsp3) is 0.529. The molecule has 8 nitrogen and oxygen atoms in total. The molecule has 34 heavy (non-hydrogen) atoms. The number of fused-ring (bicyclic) bond motifs is 1. The largest absolute Gasteiger partial charge is 0.467 e. The Bertz CT molecular complexity index is 1200. The van der Waals surface area contributed by atoms with Gasteiger partial charge in [0.05, 0.1) is 29.8 Å². The maximum Gasteiger partial charge on any atom is 0.467 e. The van der Waals surface area contributed by atoms with Gasteiger partial charge in [-0.25, -0.2) is 4.39 Å². The number of alkyl halides is 8. The van der Waals surface area contributed by atoms with Crippen LogP contribution in [0, 0.1) is 0 Å². The second-order valence-corrected chi connectivity index (χ2v) is 8.62. The zero-order valence-corrected chi connectivity index (χ0v) is 18.2. The lowest BCUT2D eigenvalue weighted by molar-refractivity contribution is -0.313. The van der Waals surface area contributed by atoms with E-state index in [-0.39, 0.29) is 25.3 Å². The van der Waals surface area contributed by atoms with Crippen LogP contribution >= 0.6 is 7.60 Å². The predicted molar refractivity (Wildman–Crippen MR) is 101 cm³/mol. The number of H-pyrrole nitrogens is 1. The topological polar surface area (TPSA) is 99.6 Å². The Morgan fingerprint density at radius 2 is 1.56 bits per heavy atom. The first kappa shape index (κ1) is 27.8. The number of hydrogen-bond acceptors (Lipinski definition) is 6. The molecule has 0 atom stereocenters. The summed E-state index contributed by atoms with van der Waals surface area (Å²) in [6, 6.07) is 0.137. The number of halogens is 8. The summed E-state index contributed by atoms with van der Waals surface area (Å²) in [5.41, 5.74) is -6.58. The lowest BCUT2D eigenvalue weighted by atomic mass is 10.1. The highest BCUT2D eigenvalue weighted by molar-refractivity contribution is 7.52. The van der Waals surface area contributed by atoms with Crippen molar-refractivity contribution < 1.29 is 53.5 Å². The first-order chi connectivity index (χ1) is 15.5. The van der Waals surface area contributed by atoms with E-state index in [9.17, 15) is 49.3 Å². The average molecular weight is 528 g/mol. The van der Waals surface area contributed by atoms with Crippen LogP contribution in [0.25, 0.3) is 11.0 Å². The van der Waals surface area contributed by atoms with Gasteiger partial charge in [0, 0.05) is 6.07 Å². The van der Waals surface area contributed by atoms with Crippen molar-refractivity contribution in [2.75, 3.05) is 19.9 Å². The summed E-state index contributed by atoms with van der Waals surface area (Å²) in [5.74, 6) is -7.42. The first-order valence-corrected chi connectivity index (χ1v) is 11.0. The van der Waals surface area contributed by atoms with Crippen LogP contribution in [-0.4, -0.2) is 41.5 Å². The molecule has 0 aliphatic rings. The molecule has 0 bridgehead atoms. The van der Waals surface area contributed by atoms with E-state index >= 15 is 0 Å². The van der Waals surface area contributed by atoms with Crippen molar-refractivity contribution in [3.05, 3.63) is 38.4 Å². The van der Waals surface area contributed by atoms with Gasteiger partial charge >= 0.3 is 36.9 Å². The molecular weight excluding hydrogens is 511 g/mol. The number of nitrogens with one attached hydrogen (secondary N) is 1. The number of aromatic nitrogens is 2. The molecule has 0 amide bonds. The molecule has 0 radical (unpaired) electrons. The zero-order valence-electron chi connectivity index (χ0n) is 17.4. The zero-order chi connectivity index (χ0) is 26.1. The maximum absolute atomic E-state index is 13.8. The van der Waals surface area contributed by atoms with Gasteiger partial charge in [-0.2, -0.15) is 30.7 Å².